The van der Waals surface area contributed by atoms with Gasteiger partial charge in [-0.1, -0.05) is 18.2 Å². The van der Waals surface area contributed by atoms with E-state index in [1.54, 1.807) is 18.2 Å². The molecule has 1 aromatic carbocycles. The van der Waals surface area contributed by atoms with Gasteiger partial charge in [-0.25, -0.2) is 9.37 Å². The van der Waals surface area contributed by atoms with Crippen molar-refractivity contribution < 1.29 is 4.39 Å². The lowest BCUT2D eigenvalue weighted by molar-refractivity contribution is 0.629. The summed E-state index contributed by atoms with van der Waals surface area (Å²) in [6.45, 7) is 0.456. The van der Waals surface area contributed by atoms with E-state index >= 15 is 0 Å². The summed E-state index contributed by atoms with van der Waals surface area (Å²) in [6.07, 6.45) is 1.94. The van der Waals surface area contributed by atoms with Gasteiger partial charge in [0.2, 0.25) is 0 Å². The van der Waals surface area contributed by atoms with Crippen molar-refractivity contribution in [1.29, 1.82) is 0 Å². The number of anilines is 1. The van der Waals surface area contributed by atoms with Crippen molar-refractivity contribution in [3.8, 4) is 0 Å². The molecule has 2 aromatic heterocycles. The van der Waals surface area contributed by atoms with Crippen molar-refractivity contribution >= 4 is 27.1 Å². The van der Waals surface area contributed by atoms with Crippen LogP contribution in [0, 0.1) is 5.82 Å². The summed E-state index contributed by atoms with van der Waals surface area (Å²) in [4.78, 5) is 4.43. The topological polar surface area (TPSA) is 29.3 Å². The fraction of sp³-hybridized carbons (Fsp3) is 0.0714. The predicted molar refractivity (Wildman–Crippen MR) is 76.6 cm³/mol. The summed E-state index contributed by atoms with van der Waals surface area (Å²) in [5.41, 5.74) is 1.47. The minimum absolute atomic E-state index is 0.262. The zero-order chi connectivity index (χ0) is 13.2. The third-order valence-corrected chi connectivity index (χ3v) is 3.47. The molecule has 0 aliphatic carbocycles. The normalized spacial score (nSPS) is 10.8. The first-order chi connectivity index (χ1) is 9.25. The molecule has 3 rings (SSSR count). The average Bonchev–Trinajstić information content (AvgIpc) is 2.75. The van der Waals surface area contributed by atoms with E-state index in [9.17, 15) is 4.39 Å². The van der Waals surface area contributed by atoms with Crippen molar-refractivity contribution in [3.05, 3.63) is 64.9 Å². The van der Waals surface area contributed by atoms with Crippen LogP contribution in [-0.2, 0) is 6.54 Å². The number of fused-ring (bicyclic) bond motifs is 1. The SMILES string of the molecule is Fc1ccccc1NCc1nc(Br)c2ccccn12. The third-order valence-electron chi connectivity index (χ3n) is 2.89. The second kappa shape index (κ2) is 5.01. The van der Waals surface area contributed by atoms with E-state index in [1.165, 1.54) is 6.07 Å². The Morgan fingerprint density at radius 1 is 1.16 bits per heavy atom. The van der Waals surface area contributed by atoms with Crippen LogP contribution in [-0.4, -0.2) is 9.38 Å². The Bertz CT molecular complexity index is 724. The number of para-hydroxylation sites is 1. The van der Waals surface area contributed by atoms with Crippen LogP contribution < -0.4 is 5.32 Å². The van der Waals surface area contributed by atoms with Gasteiger partial charge in [0.05, 0.1) is 17.7 Å². The Morgan fingerprint density at radius 2 is 1.95 bits per heavy atom. The molecule has 0 saturated heterocycles. The van der Waals surface area contributed by atoms with E-state index in [1.807, 2.05) is 28.8 Å². The summed E-state index contributed by atoms with van der Waals surface area (Å²) in [5.74, 6) is 0.563. The molecule has 2 heterocycles. The van der Waals surface area contributed by atoms with Crippen LogP contribution in [0.4, 0.5) is 10.1 Å². The zero-order valence-electron chi connectivity index (χ0n) is 9.98. The molecule has 0 aliphatic heterocycles. The molecule has 0 atom stereocenters. The average molecular weight is 320 g/mol. The monoisotopic (exact) mass is 319 g/mol. The van der Waals surface area contributed by atoms with E-state index < -0.39 is 0 Å². The van der Waals surface area contributed by atoms with Gasteiger partial charge in [-0.3, -0.25) is 0 Å². The fourth-order valence-electron chi connectivity index (χ4n) is 1.96. The molecule has 0 aliphatic rings. The maximum Gasteiger partial charge on any atom is 0.146 e. The Morgan fingerprint density at radius 3 is 2.79 bits per heavy atom. The molecule has 0 unspecified atom stereocenters. The molecule has 3 nitrogen and oxygen atoms in total. The number of benzene rings is 1. The molecule has 0 spiro atoms. The van der Waals surface area contributed by atoms with Gasteiger partial charge in [0, 0.05) is 6.20 Å². The largest absolute Gasteiger partial charge is 0.375 e. The Kier molecular flexibility index (Phi) is 3.21. The van der Waals surface area contributed by atoms with Crippen molar-refractivity contribution in [1.82, 2.24) is 9.38 Å². The van der Waals surface area contributed by atoms with Crippen LogP contribution in [0.15, 0.2) is 53.3 Å². The number of pyridine rings is 1. The molecule has 0 amide bonds. The number of imidazole rings is 1. The first-order valence-corrected chi connectivity index (χ1v) is 6.65. The number of hydrogen-bond acceptors (Lipinski definition) is 2. The van der Waals surface area contributed by atoms with E-state index in [0.29, 0.717) is 12.2 Å². The van der Waals surface area contributed by atoms with E-state index in [-0.39, 0.29) is 5.82 Å². The van der Waals surface area contributed by atoms with Gasteiger partial charge < -0.3 is 9.72 Å². The molecule has 19 heavy (non-hydrogen) atoms. The second-order valence-corrected chi connectivity index (χ2v) is 4.86. The van der Waals surface area contributed by atoms with Gasteiger partial charge in [-0.15, -0.1) is 0 Å². The number of hydrogen-bond donors (Lipinski definition) is 1. The number of nitrogens with one attached hydrogen (secondary N) is 1. The zero-order valence-corrected chi connectivity index (χ0v) is 11.6. The van der Waals surface area contributed by atoms with Gasteiger partial charge in [-0.2, -0.15) is 0 Å². The predicted octanol–water partition coefficient (Wildman–Crippen LogP) is 3.85. The molecule has 1 N–H and O–H groups in total. The summed E-state index contributed by atoms with van der Waals surface area (Å²) < 4.78 is 16.3. The minimum Gasteiger partial charge on any atom is -0.375 e. The molecule has 96 valence electrons. The van der Waals surface area contributed by atoms with Crippen LogP contribution in [0.5, 0.6) is 0 Å². The van der Waals surface area contributed by atoms with Crippen molar-refractivity contribution in [2.24, 2.45) is 0 Å². The minimum atomic E-state index is -0.262. The molecular formula is C14H11BrFN3. The number of nitrogens with zero attached hydrogens (tertiary/aromatic N) is 2. The van der Waals surface area contributed by atoms with Crippen LogP contribution in [0.2, 0.25) is 0 Å². The van der Waals surface area contributed by atoms with Crippen LogP contribution >= 0.6 is 15.9 Å². The van der Waals surface area contributed by atoms with Crippen molar-refractivity contribution in [2.75, 3.05) is 5.32 Å². The van der Waals surface area contributed by atoms with Crippen molar-refractivity contribution in [3.63, 3.8) is 0 Å². The van der Waals surface area contributed by atoms with Crippen LogP contribution in [0.3, 0.4) is 0 Å². The van der Waals surface area contributed by atoms with Crippen molar-refractivity contribution in [2.45, 2.75) is 6.54 Å². The van der Waals surface area contributed by atoms with Crippen LogP contribution in [0.25, 0.3) is 5.52 Å². The standard InChI is InChI=1S/C14H11BrFN3/c15-14-12-7-3-4-8-19(12)13(18-14)9-17-11-6-2-1-5-10(11)16/h1-8,17H,9H2. The van der Waals surface area contributed by atoms with E-state index in [0.717, 1.165) is 15.9 Å². The molecular weight excluding hydrogens is 309 g/mol. The van der Waals surface area contributed by atoms with E-state index in [4.69, 9.17) is 0 Å². The lowest BCUT2D eigenvalue weighted by Gasteiger charge is -2.06. The first kappa shape index (κ1) is 12.2. The Labute approximate surface area is 118 Å². The molecule has 0 fully saturated rings. The van der Waals surface area contributed by atoms with Gasteiger partial charge >= 0.3 is 0 Å². The molecule has 0 radical (unpaired) electrons. The maximum atomic E-state index is 13.5. The van der Waals surface area contributed by atoms with Gasteiger partial charge in [0.15, 0.2) is 0 Å². The van der Waals surface area contributed by atoms with Gasteiger partial charge in [0.1, 0.15) is 16.2 Å². The second-order valence-electron chi connectivity index (χ2n) is 4.11. The lowest BCUT2D eigenvalue weighted by atomic mass is 10.3. The first-order valence-electron chi connectivity index (χ1n) is 5.85. The van der Waals surface area contributed by atoms with Gasteiger partial charge in [0.25, 0.3) is 0 Å². The number of rotatable bonds is 3. The summed E-state index contributed by atoms with van der Waals surface area (Å²) in [7, 11) is 0. The summed E-state index contributed by atoms with van der Waals surface area (Å²) in [6, 6.07) is 12.5. The maximum absolute atomic E-state index is 13.5. The van der Waals surface area contributed by atoms with Crippen LogP contribution in [0.1, 0.15) is 5.82 Å². The molecule has 3 aromatic rings. The summed E-state index contributed by atoms with van der Waals surface area (Å²) >= 11 is 3.42. The molecule has 0 saturated carbocycles. The molecule has 5 heteroatoms. The highest BCUT2D eigenvalue weighted by Gasteiger charge is 2.08. The van der Waals surface area contributed by atoms with E-state index in [2.05, 4.69) is 26.2 Å². The Hall–Kier alpha value is -1.88. The highest BCUT2D eigenvalue weighted by molar-refractivity contribution is 9.10. The summed E-state index contributed by atoms with van der Waals surface area (Å²) in [5, 5.41) is 3.06. The lowest BCUT2D eigenvalue weighted by Crippen LogP contribution is -2.05. The Balaban J connectivity index is 1.88. The highest BCUT2D eigenvalue weighted by Crippen LogP contribution is 2.20. The third kappa shape index (κ3) is 2.33. The quantitative estimate of drug-likeness (QED) is 0.794. The fourth-order valence-corrected chi connectivity index (χ4v) is 2.49. The highest BCUT2D eigenvalue weighted by atomic mass is 79.9. The number of aromatic nitrogens is 2. The number of halogens is 2. The van der Waals surface area contributed by atoms with Gasteiger partial charge in [-0.05, 0) is 40.2 Å². The molecule has 0 bridgehead atoms. The smallest absolute Gasteiger partial charge is 0.146 e.